The maximum atomic E-state index is 7.44. The smallest absolute Gasteiger partial charge is 0.170 e. The van der Waals surface area contributed by atoms with Crippen molar-refractivity contribution >= 4 is 0 Å². The molecule has 0 spiro atoms. The van der Waals surface area contributed by atoms with Gasteiger partial charge in [-0.05, 0) is 0 Å². The summed E-state index contributed by atoms with van der Waals surface area (Å²) in [6.45, 7) is -0.0556. The molecule has 0 saturated heterocycles. The molecule has 3 nitrogen and oxygen atoms in total. The van der Waals surface area contributed by atoms with Gasteiger partial charge < -0.3 is 4.74 Å². The summed E-state index contributed by atoms with van der Waals surface area (Å²) in [5.74, 6) is 7.44. The molecule has 2 radical (unpaired) electrons. The summed E-state index contributed by atoms with van der Waals surface area (Å²) in [5, 5.41) is 0. The van der Waals surface area contributed by atoms with Gasteiger partial charge in [0.1, 0.15) is 0 Å². The molecule has 5 heavy (non-hydrogen) atoms. The first-order valence-electron chi connectivity index (χ1n) is 1.17. The van der Waals surface area contributed by atoms with Gasteiger partial charge in [0.05, 0.1) is 0 Å². The Morgan fingerprint density at radius 1 is 1.80 bits per heavy atom. The molecular weight excluding hydrogens is 70.0 g/mol. The molecule has 3 heteroatoms. The van der Waals surface area contributed by atoms with E-state index in [1.165, 1.54) is 7.11 Å². The lowest BCUT2D eigenvalue weighted by Crippen LogP contribution is -1.90. The van der Waals surface area contributed by atoms with Gasteiger partial charge in [0, 0.05) is 13.0 Å². The van der Waals surface area contributed by atoms with E-state index in [2.05, 4.69) is 9.57 Å². The third-order valence-electron chi connectivity index (χ3n) is 0.171. The van der Waals surface area contributed by atoms with E-state index in [-0.39, 0.29) is 6.79 Å². The summed E-state index contributed by atoms with van der Waals surface area (Å²) >= 11 is 0. The van der Waals surface area contributed by atoms with Crippen LogP contribution in [0.1, 0.15) is 0 Å². The molecule has 0 unspecified atom stereocenters. The van der Waals surface area contributed by atoms with E-state index in [1.807, 2.05) is 0 Å². The second kappa shape index (κ2) is 3.88. The Kier molecular flexibility index (Phi) is 3.79. The predicted octanol–water partition coefficient (Wildman–Crippen LogP) is -0.409. The number of hydrogen-bond donors (Lipinski definition) is 0. The largest absolute Gasteiger partial charge is 0.357 e. The minimum atomic E-state index is -0.0556. The minimum absolute atomic E-state index is 0.0556. The third kappa shape index (κ3) is 3.88. The van der Waals surface area contributed by atoms with Crippen LogP contribution in [0.5, 0.6) is 0 Å². The summed E-state index contributed by atoms with van der Waals surface area (Å²) in [6, 6.07) is 0. The molecule has 0 amide bonds. The van der Waals surface area contributed by atoms with Gasteiger partial charge in [-0.2, -0.15) is 0 Å². The summed E-state index contributed by atoms with van der Waals surface area (Å²) in [6.07, 6.45) is 0. The van der Waals surface area contributed by atoms with Gasteiger partial charge in [0.2, 0.25) is 0 Å². The molecule has 0 heterocycles. The summed E-state index contributed by atoms with van der Waals surface area (Å²) in [7, 11) is 1.43. The van der Waals surface area contributed by atoms with Crippen LogP contribution in [0.2, 0.25) is 0 Å². The molecule has 0 aromatic heterocycles. The van der Waals surface area contributed by atoms with Crippen molar-refractivity contribution in [3.8, 4) is 0 Å². The number of ether oxygens (including phenoxy) is 1. The number of hydrogen-bond acceptors (Lipinski definition) is 2. The van der Waals surface area contributed by atoms with E-state index < -0.39 is 0 Å². The Bertz CT molecular complexity index is 15.1. The molecule has 0 atom stereocenters. The molecule has 0 aromatic rings. The van der Waals surface area contributed by atoms with E-state index >= 15 is 0 Å². The van der Waals surface area contributed by atoms with Crippen molar-refractivity contribution in [3.05, 3.63) is 0 Å². The molecule has 0 saturated carbocycles. The Morgan fingerprint density at radius 2 is 2.40 bits per heavy atom. The van der Waals surface area contributed by atoms with Gasteiger partial charge in [-0.3, -0.25) is 0 Å². The summed E-state index contributed by atoms with van der Waals surface area (Å²) in [5.41, 5.74) is 0. The molecular formula is C2H5NO2. The lowest BCUT2D eigenvalue weighted by atomic mass is 11.4. The van der Waals surface area contributed by atoms with Crippen molar-refractivity contribution in [1.29, 1.82) is 0 Å². The highest BCUT2D eigenvalue weighted by molar-refractivity contribution is 3.80. The molecule has 0 aromatic carbocycles. The van der Waals surface area contributed by atoms with E-state index in [9.17, 15) is 0 Å². The van der Waals surface area contributed by atoms with Crippen molar-refractivity contribution in [2.45, 2.75) is 0 Å². The highest BCUT2D eigenvalue weighted by Crippen LogP contribution is 1.58. The van der Waals surface area contributed by atoms with Crippen LogP contribution >= 0.6 is 0 Å². The third-order valence-corrected chi connectivity index (χ3v) is 0.171. The zero-order chi connectivity index (χ0) is 4.12. The van der Waals surface area contributed by atoms with Crippen LogP contribution < -0.4 is 5.90 Å². The van der Waals surface area contributed by atoms with Crippen LogP contribution in [0.3, 0.4) is 0 Å². The molecule has 0 bridgehead atoms. The molecule has 0 fully saturated rings. The van der Waals surface area contributed by atoms with Crippen LogP contribution in [0.25, 0.3) is 0 Å². The Hall–Kier alpha value is -0.120. The van der Waals surface area contributed by atoms with Crippen molar-refractivity contribution in [2.75, 3.05) is 13.9 Å². The van der Waals surface area contributed by atoms with Gasteiger partial charge in [-0.1, -0.05) is 0 Å². The molecule has 0 N–H and O–H groups in total. The van der Waals surface area contributed by atoms with Crippen molar-refractivity contribution in [1.82, 2.24) is 5.90 Å². The van der Waals surface area contributed by atoms with Crippen molar-refractivity contribution < 1.29 is 9.57 Å². The zero-order valence-electron chi connectivity index (χ0n) is 2.97. The maximum Gasteiger partial charge on any atom is 0.170 e. The van der Waals surface area contributed by atoms with E-state index in [1.54, 1.807) is 0 Å². The van der Waals surface area contributed by atoms with Crippen LogP contribution in [0, 0.1) is 0 Å². The monoisotopic (exact) mass is 75.0 g/mol. The SMILES string of the molecule is COCO[N]. The zero-order valence-corrected chi connectivity index (χ0v) is 2.97. The lowest BCUT2D eigenvalue weighted by molar-refractivity contribution is -0.0419. The number of nitrogens with zero attached hydrogens (tertiary/aromatic N) is 1. The van der Waals surface area contributed by atoms with Crippen LogP contribution in [-0.2, 0) is 9.57 Å². The Labute approximate surface area is 30.6 Å². The second-order valence-electron chi connectivity index (χ2n) is 0.536. The van der Waals surface area contributed by atoms with Crippen molar-refractivity contribution in [2.24, 2.45) is 0 Å². The average Bonchev–Trinajstić information content (AvgIpc) is 1.41. The molecule has 30 valence electrons. The van der Waals surface area contributed by atoms with E-state index in [0.717, 1.165) is 0 Å². The van der Waals surface area contributed by atoms with Crippen LogP contribution in [0.4, 0.5) is 0 Å². The second-order valence-corrected chi connectivity index (χ2v) is 0.536. The Morgan fingerprint density at radius 3 is 2.40 bits per heavy atom. The lowest BCUT2D eigenvalue weighted by Gasteiger charge is -1.83. The molecule has 0 aliphatic rings. The Balaban J connectivity index is 2.19. The highest BCUT2D eigenvalue weighted by atomic mass is 16.7. The fraction of sp³-hybridized carbons (Fsp3) is 1.00. The topological polar surface area (TPSA) is 40.8 Å². The molecule has 0 rings (SSSR count). The summed E-state index contributed by atoms with van der Waals surface area (Å²) < 4.78 is 4.22. The first-order valence-corrected chi connectivity index (χ1v) is 1.17. The molecule has 0 aliphatic carbocycles. The summed E-state index contributed by atoms with van der Waals surface area (Å²) in [4.78, 5) is 3.47. The molecule has 0 aliphatic heterocycles. The fourth-order valence-corrected chi connectivity index (χ4v) is 0.0527. The van der Waals surface area contributed by atoms with Gasteiger partial charge in [0.25, 0.3) is 0 Å². The van der Waals surface area contributed by atoms with Crippen molar-refractivity contribution in [3.63, 3.8) is 0 Å². The normalized spacial score (nSPS) is 8.40. The van der Waals surface area contributed by atoms with Crippen LogP contribution in [0.15, 0.2) is 0 Å². The predicted molar refractivity (Wildman–Crippen MR) is 15.1 cm³/mol. The standard InChI is InChI=1S/C2H5NO2/c1-4-2-5-3/h2H2,1H3. The van der Waals surface area contributed by atoms with E-state index in [0.29, 0.717) is 0 Å². The quantitative estimate of drug-likeness (QED) is 0.330. The minimum Gasteiger partial charge on any atom is -0.357 e. The number of methoxy groups -OCH3 is 1. The van der Waals surface area contributed by atoms with Gasteiger partial charge in [-0.25, -0.2) is 4.84 Å². The first-order chi connectivity index (χ1) is 2.41. The fourth-order valence-electron chi connectivity index (χ4n) is 0.0527. The maximum absolute atomic E-state index is 7.44. The van der Waals surface area contributed by atoms with Gasteiger partial charge >= 0.3 is 0 Å². The van der Waals surface area contributed by atoms with Gasteiger partial charge in [-0.15, -0.1) is 0 Å². The van der Waals surface area contributed by atoms with Crippen LogP contribution in [-0.4, -0.2) is 13.9 Å². The van der Waals surface area contributed by atoms with E-state index in [4.69, 9.17) is 5.90 Å². The first kappa shape index (κ1) is 4.88. The van der Waals surface area contributed by atoms with Gasteiger partial charge in [0.15, 0.2) is 6.79 Å². The highest BCUT2D eigenvalue weighted by Gasteiger charge is 1.66. The average molecular weight is 75.1 g/mol. The number of rotatable bonds is 2.